The average molecular weight is 757 g/mol. The molecule has 0 aliphatic rings. The molecule has 0 bridgehead atoms. The van der Waals surface area contributed by atoms with Gasteiger partial charge < -0.3 is 13.7 Å². The van der Waals surface area contributed by atoms with E-state index in [4.69, 9.17) is 23.8 Å². The molecular weight excluding hydrogens is 725 g/mol. The number of hydrogen-bond donors (Lipinski definition) is 0. The summed E-state index contributed by atoms with van der Waals surface area (Å²) >= 11 is 0. The molecule has 0 saturated heterocycles. The highest BCUT2D eigenvalue weighted by Gasteiger charge is 2.23. The molecule has 0 N–H and O–H groups in total. The van der Waals surface area contributed by atoms with Crippen molar-refractivity contribution in [3.8, 4) is 34.2 Å². The first-order valence-electron chi connectivity index (χ1n) is 19.7. The molecule has 6 heteroatoms. The SMILES string of the molecule is c1ccc(-c2nc(-c3ccc4ccccc4c3)nc(-c3cccc4oc5cc(N(c6cccc7ccccc67)c6cccc7c6oc6ccccc67)ccc5c34)n2)cc1. The Morgan fingerprint density at radius 1 is 0.356 bits per heavy atom. The van der Waals surface area contributed by atoms with E-state index in [9.17, 15) is 0 Å². The zero-order valence-corrected chi connectivity index (χ0v) is 31.6. The number of rotatable bonds is 6. The van der Waals surface area contributed by atoms with E-state index in [1.54, 1.807) is 0 Å². The fourth-order valence-electron chi connectivity index (χ4n) is 8.53. The van der Waals surface area contributed by atoms with Crippen molar-refractivity contribution in [2.45, 2.75) is 0 Å². The van der Waals surface area contributed by atoms with Crippen molar-refractivity contribution in [1.29, 1.82) is 0 Å². The Hall–Kier alpha value is -8.09. The third-order valence-corrected chi connectivity index (χ3v) is 11.3. The molecule has 3 aromatic heterocycles. The van der Waals surface area contributed by atoms with Gasteiger partial charge in [0.2, 0.25) is 0 Å². The van der Waals surface area contributed by atoms with E-state index in [0.29, 0.717) is 17.5 Å². The van der Waals surface area contributed by atoms with Crippen LogP contribution in [-0.4, -0.2) is 15.0 Å². The number of benzene rings is 9. The largest absolute Gasteiger partial charge is 0.456 e. The first kappa shape index (κ1) is 33.1. The van der Waals surface area contributed by atoms with E-state index in [-0.39, 0.29) is 0 Å². The van der Waals surface area contributed by atoms with Crippen LogP contribution in [0.25, 0.3) is 99.6 Å². The summed E-state index contributed by atoms with van der Waals surface area (Å²) in [5.74, 6) is 1.79. The highest BCUT2D eigenvalue weighted by molar-refractivity contribution is 6.14. The van der Waals surface area contributed by atoms with Crippen LogP contribution >= 0.6 is 0 Å². The number of nitrogens with zero attached hydrogens (tertiary/aromatic N) is 4. The minimum Gasteiger partial charge on any atom is -0.456 e. The van der Waals surface area contributed by atoms with Crippen LogP contribution in [0.5, 0.6) is 0 Å². The van der Waals surface area contributed by atoms with E-state index in [2.05, 4.69) is 144 Å². The number of aromatic nitrogens is 3. The van der Waals surface area contributed by atoms with Crippen molar-refractivity contribution >= 4 is 82.5 Å². The van der Waals surface area contributed by atoms with E-state index in [1.807, 2.05) is 54.6 Å². The molecule has 0 radical (unpaired) electrons. The van der Waals surface area contributed by atoms with Crippen molar-refractivity contribution < 1.29 is 8.83 Å². The molecule has 0 spiro atoms. The molecule has 0 aliphatic heterocycles. The summed E-state index contributed by atoms with van der Waals surface area (Å²) in [4.78, 5) is 17.6. The molecule has 59 heavy (non-hydrogen) atoms. The van der Waals surface area contributed by atoms with Gasteiger partial charge in [0.05, 0.1) is 17.1 Å². The van der Waals surface area contributed by atoms with Crippen LogP contribution in [0.1, 0.15) is 0 Å². The van der Waals surface area contributed by atoms with Crippen LogP contribution in [0, 0.1) is 0 Å². The molecular formula is C53H32N4O2. The fourth-order valence-corrected chi connectivity index (χ4v) is 8.53. The molecule has 6 nitrogen and oxygen atoms in total. The minimum absolute atomic E-state index is 0.577. The van der Waals surface area contributed by atoms with Crippen LogP contribution in [0.15, 0.2) is 203 Å². The minimum atomic E-state index is 0.577. The number of anilines is 3. The number of furan rings is 2. The standard InChI is InChI=1S/C53H32N4O2/c1-2-15-35(16-3-1)51-54-52(37-28-27-33-13-4-5-17-36(33)31-37)56-53(55-51)43-22-12-26-47-49(43)42-30-29-38(32-48(42)58-47)57(44-23-10-18-34-14-6-7-19-39(34)44)45-24-11-21-41-40-20-8-9-25-46(40)59-50(41)45/h1-32H. The number of fused-ring (bicyclic) bond motifs is 8. The van der Waals surface area contributed by atoms with Crippen LogP contribution in [0.4, 0.5) is 17.1 Å². The zero-order valence-electron chi connectivity index (χ0n) is 31.6. The van der Waals surface area contributed by atoms with Crippen molar-refractivity contribution in [3.05, 3.63) is 194 Å². The third-order valence-electron chi connectivity index (χ3n) is 11.3. The third kappa shape index (κ3) is 5.46. The van der Waals surface area contributed by atoms with Crippen molar-refractivity contribution in [1.82, 2.24) is 15.0 Å². The van der Waals surface area contributed by atoms with E-state index in [0.717, 1.165) is 99.2 Å². The molecule has 9 aromatic carbocycles. The normalized spacial score (nSPS) is 11.7. The lowest BCUT2D eigenvalue weighted by Gasteiger charge is -2.26. The second kappa shape index (κ2) is 13.3. The lowest BCUT2D eigenvalue weighted by molar-refractivity contribution is 0.667. The van der Waals surface area contributed by atoms with Gasteiger partial charge in [-0.15, -0.1) is 0 Å². The van der Waals surface area contributed by atoms with E-state index >= 15 is 0 Å². The van der Waals surface area contributed by atoms with Crippen LogP contribution in [-0.2, 0) is 0 Å². The molecule has 276 valence electrons. The van der Waals surface area contributed by atoms with Crippen LogP contribution in [0.3, 0.4) is 0 Å². The second-order valence-electron chi connectivity index (χ2n) is 14.8. The molecule has 12 aromatic rings. The van der Waals surface area contributed by atoms with Crippen molar-refractivity contribution in [3.63, 3.8) is 0 Å². The van der Waals surface area contributed by atoms with Gasteiger partial charge in [0, 0.05) is 49.7 Å². The summed E-state index contributed by atoms with van der Waals surface area (Å²) in [5, 5.41) is 8.62. The summed E-state index contributed by atoms with van der Waals surface area (Å²) in [6, 6.07) is 66.8. The quantitative estimate of drug-likeness (QED) is 0.168. The predicted molar refractivity (Wildman–Crippen MR) is 240 cm³/mol. The van der Waals surface area contributed by atoms with E-state index < -0.39 is 0 Å². The summed E-state index contributed by atoms with van der Waals surface area (Å²) in [6.45, 7) is 0. The molecule has 0 atom stereocenters. The van der Waals surface area contributed by atoms with Gasteiger partial charge in [-0.1, -0.05) is 146 Å². The molecule has 0 unspecified atom stereocenters. The molecule has 12 rings (SSSR count). The molecule has 0 fully saturated rings. The Labute approximate surface area is 338 Å². The van der Waals surface area contributed by atoms with Gasteiger partial charge in [0.15, 0.2) is 23.1 Å². The van der Waals surface area contributed by atoms with Gasteiger partial charge in [0.1, 0.15) is 16.7 Å². The maximum atomic E-state index is 6.76. The summed E-state index contributed by atoms with van der Waals surface area (Å²) in [5.41, 5.74) is 8.79. The van der Waals surface area contributed by atoms with Gasteiger partial charge in [-0.3, -0.25) is 0 Å². The van der Waals surface area contributed by atoms with Gasteiger partial charge in [-0.05, 0) is 58.6 Å². The highest BCUT2D eigenvalue weighted by Crippen LogP contribution is 2.46. The maximum absolute atomic E-state index is 6.76. The Morgan fingerprint density at radius 3 is 1.92 bits per heavy atom. The van der Waals surface area contributed by atoms with Gasteiger partial charge in [-0.25, -0.2) is 15.0 Å². The number of para-hydroxylation sites is 2. The Bertz CT molecular complexity index is 3580. The highest BCUT2D eigenvalue weighted by atomic mass is 16.3. The zero-order chi connectivity index (χ0) is 38.9. The number of hydrogen-bond acceptors (Lipinski definition) is 6. The van der Waals surface area contributed by atoms with Crippen molar-refractivity contribution in [2.75, 3.05) is 4.90 Å². The summed E-state index contributed by atoms with van der Waals surface area (Å²) in [6.07, 6.45) is 0. The lowest BCUT2D eigenvalue weighted by atomic mass is 10.0. The maximum Gasteiger partial charge on any atom is 0.164 e. The first-order valence-corrected chi connectivity index (χ1v) is 19.7. The summed E-state index contributed by atoms with van der Waals surface area (Å²) in [7, 11) is 0. The topological polar surface area (TPSA) is 68.2 Å². The lowest BCUT2D eigenvalue weighted by Crippen LogP contribution is -2.10. The Morgan fingerprint density at radius 2 is 1.02 bits per heavy atom. The first-order chi connectivity index (χ1) is 29.2. The average Bonchev–Trinajstić information content (AvgIpc) is 3.88. The van der Waals surface area contributed by atoms with Gasteiger partial charge in [-0.2, -0.15) is 0 Å². The van der Waals surface area contributed by atoms with Crippen LogP contribution < -0.4 is 4.90 Å². The van der Waals surface area contributed by atoms with Crippen LogP contribution in [0.2, 0.25) is 0 Å². The Balaban J connectivity index is 1.06. The fraction of sp³-hybridized carbons (Fsp3) is 0. The predicted octanol–water partition coefficient (Wildman–Crippen LogP) is 14.4. The second-order valence-corrected chi connectivity index (χ2v) is 14.8. The molecule has 0 saturated carbocycles. The smallest absolute Gasteiger partial charge is 0.164 e. The Kier molecular flexibility index (Phi) is 7.43. The van der Waals surface area contributed by atoms with Gasteiger partial charge >= 0.3 is 0 Å². The van der Waals surface area contributed by atoms with E-state index in [1.165, 1.54) is 0 Å². The summed E-state index contributed by atoms with van der Waals surface area (Å²) < 4.78 is 13.4. The molecule has 0 aliphatic carbocycles. The van der Waals surface area contributed by atoms with Gasteiger partial charge in [0.25, 0.3) is 0 Å². The monoisotopic (exact) mass is 756 g/mol. The molecule has 3 heterocycles. The molecule has 0 amide bonds. The van der Waals surface area contributed by atoms with Crippen molar-refractivity contribution in [2.24, 2.45) is 0 Å².